The number of hydrogen-bond acceptors (Lipinski definition) is 3. The molecule has 13 heavy (non-hydrogen) atoms. The number of aryl methyl sites for hydroxylation is 1. The smallest absolute Gasteiger partial charge is 0.0925 e. The fourth-order valence-electron chi connectivity index (χ4n) is 1.82. The third kappa shape index (κ3) is 1.59. The maximum atomic E-state index is 4.35. The molecule has 1 aromatic heterocycles. The van der Waals surface area contributed by atoms with Crippen molar-refractivity contribution in [2.45, 2.75) is 13.0 Å². The van der Waals surface area contributed by atoms with Crippen molar-refractivity contribution in [3.63, 3.8) is 0 Å². The molecule has 1 saturated heterocycles. The Bertz CT molecular complexity index is 281. The molecule has 1 fully saturated rings. The number of nitrogens with zero attached hydrogens (tertiary/aromatic N) is 2. The minimum atomic E-state index is 0.431. The summed E-state index contributed by atoms with van der Waals surface area (Å²) in [5, 5.41) is 3.39. The summed E-state index contributed by atoms with van der Waals surface area (Å²) in [5.74, 6) is 0. The normalized spacial score (nSPS) is 24.9. The van der Waals surface area contributed by atoms with Crippen LogP contribution in [0.2, 0.25) is 0 Å². The van der Waals surface area contributed by atoms with Crippen LogP contribution in [0, 0.1) is 6.92 Å². The Morgan fingerprint density at radius 2 is 2.46 bits per heavy atom. The molecule has 1 atom stereocenters. The summed E-state index contributed by atoms with van der Waals surface area (Å²) >= 11 is 0. The molecule has 2 heterocycles. The lowest BCUT2D eigenvalue weighted by atomic mass is 10.1. The van der Waals surface area contributed by atoms with E-state index in [4.69, 9.17) is 0 Å². The first-order chi connectivity index (χ1) is 6.29. The molecule has 1 unspecified atom stereocenters. The number of H-pyrrole nitrogens is 1. The molecular formula is C9H16N4. The number of nitrogens with one attached hydrogen (secondary N) is 2. The molecule has 0 saturated carbocycles. The fraction of sp³-hybridized carbons (Fsp3) is 0.667. The highest BCUT2D eigenvalue weighted by molar-refractivity contribution is 5.15. The second kappa shape index (κ2) is 3.47. The summed E-state index contributed by atoms with van der Waals surface area (Å²) < 4.78 is 0. The molecule has 1 aromatic rings. The highest BCUT2D eigenvalue weighted by Gasteiger charge is 2.23. The average molecular weight is 180 g/mol. The van der Waals surface area contributed by atoms with Crippen LogP contribution in [0.1, 0.15) is 17.4 Å². The topological polar surface area (TPSA) is 44.0 Å². The molecule has 0 radical (unpaired) electrons. The monoisotopic (exact) mass is 180 g/mol. The van der Waals surface area contributed by atoms with Crippen molar-refractivity contribution in [1.29, 1.82) is 0 Å². The van der Waals surface area contributed by atoms with E-state index in [1.54, 1.807) is 6.33 Å². The van der Waals surface area contributed by atoms with E-state index in [0.29, 0.717) is 6.04 Å². The van der Waals surface area contributed by atoms with Gasteiger partial charge in [0.05, 0.1) is 18.1 Å². The Kier molecular flexibility index (Phi) is 2.33. The number of imidazole rings is 1. The largest absolute Gasteiger partial charge is 0.348 e. The van der Waals surface area contributed by atoms with Crippen molar-refractivity contribution in [2.24, 2.45) is 0 Å². The van der Waals surface area contributed by atoms with E-state index in [9.17, 15) is 0 Å². The Labute approximate surface area is 78.4 Å². The lowest BCUT2D eigenvalue weighted by molar-refractivity contribution is 0.198. The van der Waals surface area contributed by atoms with Crippen molar-refractivity contribution in [3.05, 3.63) is 17.7 Å². The van der Waals surface area contributed by atoms with Crippen LogP contribution in [0.3, 0.4) is 0 Å². The molecule has 0 amide bonds. The molecule has 72 valence electrons. The fourth-order valence-corrected chi connectivity index (χ4v) is 1.82. The maximum Gasteiger partial charge on any atom is 0.0925 e. The summed E-state index contributed by atoms with van der Waals surface area (Å²) in [6.07, 6.45) is 1.77. The van der Waals surface area contributed by atoms with E-state index < -0.39 is 0 Å². The number of likely N-dealkylation sites (N-methyl/N-ethyl adjacent to an activating group) is 1. The quantitative estimate of drug-likeness (QED) is 0.653. The lowest BCUT2D eigenvalue weighted by Gasteiger charge is -2.32. The van der Waals surface area contributed by atoms with Gasteiger partial charge < -0.3 is 10.3 Å². The van der Waals surface area contributed by atoms with Gasteiger partial charge in [0.1, 0.15) is 0 Å². The van der Waals surface area contributed by atoms with Crippen molar-refractivity contribution < 1.29 is 0 Å². The van der Waals surface area contributed by atoms with Gasteiger partial charge in [0, 0.05) is 25.3 Å². The summed E-state index contributed by atoms with van der Waals surface area (Å²) in [4.78, 5) is 9.82. The first kappa shape index (κ1) is 8.72. The van der Waals surface area contributed by atoms with Gasteiger partial charge in [-0.2, -0.15) is 0 Å². The Morgan fingerprint density at radius 1 is 1.62 bits per heavy atom. The number of rotatable bonds is 1. The number of aromatic nitrogens is 2. The van der Waals surface area contributed by atoms with E-state index in [1.165, 1.54) is 11.4 Å². The zero-order valence-electron chi connectivity index (χ0n) is 8.17. The zero-order chi connectivity index (χ0) is 9.26. The van der Waals surface area contributed by atoms with Crippen molar-refractivity contribution in [2.75, 3.05) is 26.7 Å². The molecule has 2 rings (SSSR count). The van der Waals surface area contributed by atoms with Gasteiger partial charge in [0.2, 0.25) is 0 Å². The Balaban J connectivity index is 2.19. The minimum absolute atomic E-state index is 0.431. The van der Waals surface area contributed by atoms with Crippen molar-refractivity contribution in [1.82, 2.24) is 20.2 Å². The molecule has 0 spiro atoms. The van der Waals surface area contributed by atoms with Crippen LogP contribution in [0.15, 0.2) is 6.33 Å². The van der Waals surface area contributed by atoms with Crippen LogP contribution >= 0.6 is 0 Å². The highest BCUT2D eigenvalue weighted by atomic mass is 15.2. The Morgan fingerprint density at radius 3 is 3.08 bits per heavy atom. The molecule has 1 aliphatic rings. The van der Waals surface area contributed by atoms with Gasteiger partial charge in [-0.1, -0.05) is 0 Å². The molecule has 0 bridgehead atoms. The van der Waals surface area contributed by atoms with E-state index in [2.05, 4.69) is 34.2 Å². The van der Waals surface area contributed by atoms with Crippen molar-refractivity contribution in [3.8, 4) is 0 Å². The standard InChI is InChI=1S/C9H16N4/c1-7-9(12-6-11-7)8-5-10-3-4-13(8)2/h6,8,10H,3-5H2,1-2H3,(H,11,12). The van der Waals surface area contributed by atoms with E-state index in [0.717, 1.165) is 19.6 Å². The minimum Gasteiger partial charge on any atom is -0.348 e. The van der Waals surface area contributed by atoms with Crippen LogP contribution in [0.5, 0.6) is 0 Å². The SMILES string of the molecule is Cc1[nH]cnc1C1CNCCN1C. The molecule has 0 aromatic carbocycles. The summed E-state index contributed by atoms with van der Waals surface area (Å²) in [7, 11) is 2.15. The summed E-state index contributed by atoms with van der Waals surface area (Å²) in [6.45, 7) is 5.25. The first-order valence-electron chi connectivity index (χ1n) is 4.70. The van der Waals surface area contributed by atoms with Gasteiger partial charge in [-0.15, -0.1) is 0 Å². The summed E-state index contributed by atoms with van der Waals surface area (Å²) in [5.41, 5.74) is 2.36. The van der Waals surface area contributed by atoms with Gasteiger partial charge >= 0.3 is 0 Å². The number of aromatic amines is 1. The highest BCUT2D eigenvalue weighted by Crippen LogP contribution is 2.20. The van der Waals surface area contributed by atoms with Crippen LogP contribution in [-0.4, -0.2) is 41.5 Å². The van der Waals surface area contributed by atoms with Crippen LogP contribution < -0.4 is 5.32 Å². The predicted octanol–water partition coefficient (Wildman–Crippen LogP) is 0.294. The van der Waals surface area contributed by atoms with Crippen LogP contribution in [0.25, 0.3) is 0 Å². The molecule has 4 heteroatoms. The number of hydrogen-bond donors (Lipinski definition) is 2. The second-order valence-corrected chi connectivity index (χ2v) is 3.61. The number of piperazine rings is 1. The lowest BCUT2D eigenvalue weighted by Crippen LogP contribution is -2.44. The zero-order valence-corrected chi connectivity index (χ0v) is 8.17. The maximum absolute atomic E-state index is 4.35. The van der Waals surface area contributed by atoms with Crippen LogP contribution in [-0.2, 0) is 0 Å². The van der Waals surface area contributed by atoms with Gasteiger partial charge in [0.15, 0.2) is 0 Å². The Hall–Kier alpha value is -0.870. The third-order valence-corrected chi connectivity index (χ3v) is 2.70. The predicted molar refractivity (Wildman–Crippen MR) is 51.6 cm³/mol. The molecule has 1 aliphatic heterocycles. The van der Waals surface area contributed by atoms with Crippen molar-refractivity contribution >= 4 is 0 Å². The van der Waals surface area contributed by atoms with Crippen LogP contribution in [0.4, 0.5) is 0 Å². The molecular weight excluding hydrogens is 164 g/mol. The second-order valence-electron chi connectivity index (χ2n) is 3.61. The molecule has 0 aliphatic carbocycles. The van der Waals surface area contributed by atoms with Gasteiger partial charge in [0.25, 0.3) is 0 Å². The average Bonchev–Trinajstić information content (AvgIpc) is 2.52. The van der Waals surface area contributed by atoms with E-state index in [-0.39, 0.29) is 0 Å². The summed E-state index contributed by atoms with van der Waals surface area (Å²) in [6, 6.07) is 0.431. The molecule has 4 nitrogen and oxygen atoms in total. The van der Waals surface area contributed by atoms with Gasteiger partial charge in [-0.05, 0) is 14.0 Å². The molecule has 2 N–H and O–H groups in total. The van der Waals surface area contributed by atoms with Gasteiger partial charge in [-0.25, -0.2) is 4.98 Å². The van der Waals surface area contributed by atoms with E-state index in [1.807, 2.05) is 0 Å². The third-order valence-electron chi connectivity index (χ3n) is 2.70. The first-order valence-corrected chi connectivity index (χ1v) is 4.70. The van der Waals surface area contributed by atoms with E-state index >= 15 is 0 Å². The van der Waals surface area contributed by atoms with Gasteiger partial charge in [-0.3, -0.25) is 4.90 Å².